The number of benzene rings is 1. The third-order valence-electron chi connectivity index (χ3n) is 3.01. The first-order valence-electron chi connectivity index (χ1n) is 6.01. The van der Waals surface area contributed by atoms with Crippen molar-refractivity contribution in [1.29, 1.82) is 0 Å². The number of nitrogens with zero attached hydrogens (tertiary/aromatic N) is 1. The molecule has 0 aromatic heterocycles. The van der Waals surface area contributed by atoms with Gasteiger partial charge in [-0.05, 0) is 31.9 Å². The van der Waals surface area contributed by atoms with Crippen LogP contribution in [-0.2, 0) is 11.2 Å². The van der Waals surface area contributed by atoms with Crippen molar-refractivity contribution < 1.29 is 9.53 Å². The van der Waals surface area contributed by atoms with Crippen LogP contribution in [-0.4, -0.2) is 24.1 Å². The van der Waals surface area contributed by atoms with Crippen LogP contribution >= 0.6 is 0 Å². The SMILES string of the molecule is CCN(CC)C(=O)OC1=CCc2ccccc21. The monoisotopic (exact) mass is 231 g/mol. The number of ether oxygens (including phenoxy) is 1. The Bertz CT molecular complexity index is 447. The summed E-state index contributed by atoms with van der Waals surface area (Å²) < 4.78 is 5.43. The molecule has 0 saturated carbocycles. The van der Waals surface area contributed by atoms with Crippen LogP contribution in [0.25, 0.3) is 5.76 Å². The van der Waals surface area contributed by atoms with Gasteiger partial charge in [0.1, 0.15) is 5.76 Å². The summed E-state index contributed by atoms with van der Waals surface area (Å²) in [6.45, 7) is 5.23. The third kappa shape index (κ3) is 2.33. The summed E-state index contributed by atoms with van der Waals surface area (Å²) in [5.74, 6) is 0.692. The van der Waals surface area contributed by atoms with Crippen molar-refractivity contribution in [2.24, 2.45) is 0 Å². The molecule has 0 radical (unpaired) electrons. The van der Waals surface area contributed by atoms with Gasteiger partial charge in [-0.3, -0.25) is 0 Å². The Morgan fingerprint density at radius 3 is 2.71 bits per heavy atom. The zero-order chi connectivity index (χ0) is 12.3. The quantitative estimate of drug-likeness (QED) is 0.800. The van der Waals surface area contributed by atoms with Gasteiger partial charge in [0, 0.05) is 18.7 Å². The molecule has 0 heterocycles. The van der Waals surface area contributed by atoms with Gasteiger partial charge < -0.3 is 9.64 Å². The van der Waals surface area contributed by atoms with E-state index >= 15 is 0 Å². The number of carbonyl (C=O) groups excluding carboxylic acids is 1. The minimum absolute atomic E-state index is 0.266. The fourth-order valence-corrected chi connectivity index (χ4v) is 1.99. The summed E-state index contributed by atoms with van der Waals surface area (Å²) in [5.41, 5.74) is 2.25. The van der Waals surface area contributed by atoms with Crippen LogP contribution in [0.2, 0.25) is 0 Å². The second-order valence-electron chi connectivity index (χ2n) is 3.97. The first kappa shape index (κ1) is 11.7. The summed E-state index contributed by atoms with van der Waals surface area (Å²) >= 11 is 0. The summed E-state index contributed by atoms with van der Waals surface area (Å²) in [7, 11) is 0. The Hall–Kier alpha value is -1.77. The number of rotatable bonds is 3. The van der Waals surface area contributed by atoms with Gasteiger partial charge in [0.05, 0.1) is 0 Å². The van der Waals surface area contributed by atoms with Gasteiger partial charge in [-0.25, -0.2) is 4.79 Å². The lowest BCUT2D eigenvalue weighted by atomic mass is 10.1. The highest BCUT2D eigenvalue weighted by Gasteiger charge is 2.19. The molecule has 0 saturated heterocycles. The van der Waals surface area contributed by atoms with Crippen LogP contribution < -0.4 is 0 Å². The number of hydrogen-bond donors (Lipinski definition) is 0. The number of fused-ring (bicyclic) bond motifs is 1. The Morgan fingerprint density at radius 1 is 1.29 bits per heavy atom. The molecule has 3 heteroatoms. The molecule has 90 valence electrons. The minimum atomic E-state index is -0.266. The van der Waals surface area contributed by atoms with Crippen LogP contribution in [0.1, 0.15) is 25.0 Å². The molecular weight excluding hydrogens is 214 g/mol. The lowest BCUT2D eigenvalue weighted by molar-refractivity contribution is 0.148. The lowest BCUT2D eigenvalue weighted by Gasteiger charge is -2.18. The second kappa shape index (κ2) is 5.04. The second-order valence-corrected chi connectivity index (χ2v) is 3.97. The molecule has 2 rings (SSSR count). The number of amides is 1. The van der Waals surface area contributed by atoms with E-state index in [4.69, 9.17) is 4.74 Å². The molecule has 17 heavy (non-hydrogen) atoms. The van der Waals surface area contributed by atoms with Gasteiger partial charge in [0.25, 0.3) is 0 Å². The molecule has 1 aliphatic rings. The van der Waals surface area contributed by atoms with E-state index in [0.717, 1.165) is 12.0 Å². The smallest absolute Gasteiger partial charge is 0.410 e. The zero-order valence-corrected chi connectivity index (χ0v) is 10.3. The maximum absolute atomic E-state index is 11.8. The van der Waals surface area contributed by atoms with Gasteiger partial charge in [-0.1, -0.05) is 24.3 Å². The first-order chi connectivity index (χ1) is 8.26. The Labute approximate surface area is 102 Å². The normalized spacial score (nSPS) is 12.9. The van der Waals surface area contributed by atoms with E-state index < -0.39 is 0 Å². The highest BCUT2D eigenvalue weighted by Crippen LogP contribution is 2.28. The molecule has 0 atom stereocenters. The van der Waals surface area contributed by atoms with Gasteiger partial charge in [-0.15, -0.1) is 0 Å². The molecular formula is C14H17NO2. The van der Waals surface area contributed by atoms with Gasteiger partial charge in [-0.2, -0.15) is 0 Å². The molecule has 1 aromatic carbocycles. The van der Waals surface area contributed by atoms with Gasteiger partial charge in [0.15, 0.2) is 0 Å². The van der Waals surface area contributed by atoms with Crippen LogP contribution in [0, 0.1) is 0 Å². The van der Waals surface area contributed by atoms with E-state index in [1.54, 1.807) is 4.90 Å². The van der Waals surface area contributed by atoms with Crippen molar-refractivity contribution in [3.63, 3.8) is 0 Å². The van der Waals surface area contributed by atoms with Crippen LogP contribution in [0.4, 0.5) is 4.79 Å². The molecule has 0 N–H and O–H groups in total. The van der Waals surface area contributed by atoms with E-state index in [0.29, 0.717) is 18.8 Å². The molecule has 0 fully saturated rings. The van der Waals surface area contributed by atoms with Gasteiger partial charge in [0.2, 0.25) is 0 Å². The van der Waals surface area contributed by atoms with E-state index in [2.05, 4.69) is 6.07 Å². The highest BCUT2D eigenvalue weighted by molar-refractivity contribution is 5.79. The van der Waals surface area contributed by atoms with E-state index in [1.165, 1.54) is 5.56 Å². The Balaban J connectivity index is 2.09. The molecule has 0 aliphatic heterocycles. The number of hydrogen-bond acceptors (Lipinski definition) is 2. The van der Waals surface area contributed by atoms with Crippen LogP contribution in [0.15, 0.2) is 30.3 Å². The maximum atomic E-state index is 11.8. The average Bonchev–Trinajstić information content (AvgIpc) is 2.74. The molecule has 0 bridgehead atoms. The lowest BCUT2D eigenvalue weighted by Crippen LogP contribution is -2.30. The molecule has 1 aromatic rings. The largest absolute Gasteiger partial charge is 0.415 e. The highest BCUT2D eigenvalue weighted by atomic mass is 16.6. The fraction of sp³-hybridized carbons (Fsp3) is 0.357. The summed E-state index contributed by atoms with van der Waals surface area (Å²) in [5, 5.41) is 0. The third-order valence-corrected chi connectivity index (χ3v) is 3.01. The summed E-state index contributed by atoms with van der Waals surface area (Å²) in [4.78, 5) is 13.5. The van der Waals surface area contributed by atoms with Crippen molar-refractivity contribution in [1.82, 2.24) is 4.90 Å². The number of carbonyl (C=O) groups is 1. The van der Waals surface area contributed by atoms with Crippen LogP contribution in [0.5, 0.6) is 0 Å². The standard InChI is InChI=1S/C14H17NO2/c1-3-15(4-2)14(16)17-13-10-9-11-7-5-6-8-12(11)13/h5-8,10H,3-4,9H2,1-2H3. The maximum Gasteiger partial charge on any atom is 0.415 e. The topological polar surface area (TPSA) is 29.5 Å². The predicted octanol–water partition coefficient (Wildman–Crippen LogP) is 3.06. The fourth-order valence-electron chi connectivity index (χ4n) is 1.99. The van der Waals surface area contributed by atoms with Gasteiger partial charge >= 0.3 is 6.09 Å². The summed E-state index contributed by atoms with van der Waals surface area (Å²) in [6, 6.07) is 8.01. The summed E-state index contributed by atoms with van der Waals surface area (Å²) in [6.07, 6.45) is 2.54. The van der Waals surface area contributed by atoms with Crippen molar-refractivity contribution >= 4 is 11.9 Å². The Kier molecular flexibility index (Phi) is 3.47. The molecule has 1 amide bonds. The first-order valence-corrected chi connectivity index (χ1v) is 6.01. The van der Waals surface area contributed by atoms with Crippen molar-refractivity contribution in [3.05, 3.63) is 41.5 Å². The average molecular weight is 231 g/mol. The van der Waals surface area contributed by atoms with Crippen molar-refractivity contribution in [3.8, 4) is 0 Å². The predicted molar refractivity (Wildman–Crippen MR) is 67.5 cm³/mol. The molecule has 1 aliphatic carbocycles. The number of allylic oxidation sites excluding steroid dienone is 1. The van der Waals surface area contributed by atoms with E-state index in [-0.39, 0.29) is 6.09 Å². The molecule has 3 nitrogen and oxygen atoms in total. The molecule has 0 spiro atoms. The molecule has 0 unspecified atom stereocenters. The zero-order valence-electron chi connectivity index (χ0n) is 10.3. The van der Waals surface area contributed by atoms with Crippen molar-refractivity contribution in [2.45, 2.75) is 20.3 Å². The van der Waals surface area contributed by atoms with Crippen molar-refractivity contribution in [2.75, 3.05) is 13.1 Å². The van der Waals surface area contributed by atoms with E-state index in [9.17, 15) is 4.79 Å². The van der Waals surface area contributed by atoms with E-state index in [1.807, 2.05) is 38.1 Å². The minimum Gasteiger partial charge on any atom is -0.410 e. The van der Waals surface area contributed by atoms with Crippen LogP contribution in [0.3, 0.4) is 0 Å². The Morgan fingerprint density at radius 2 is 2.00 bits per heavy atom.